The molecule has 0 aromatic carbocycles. The van der Waals surface area contributed by atoms with Crippen LogP contribution in [0.2, 0.25) is 0 Å². The first-order valence-corrected chi connectivity index (χ1v) is 6.87. The average Bonchev–Trinajstić information content (AvgIpc) is 3.40. The van der Waals surface area contributed by atoms with Gasteiger partial charge in [0.15, 0.2) is 0 Å². The van der Waals surface area contributed by atoms with Crippen molar-refractivity contribution >= 4 is 0 Å². The van der Waals surface area contributed by atoms with Crippen molar-refractivity contribution in [2.75, 3.05) is 0 Å². The van der Waals surface area contributed by atoms with Crippen LogP contribution in [0.1, 0.15) is 25.7 Å². The zero-order chi connectivity index (χ0) is 14.1. The Balaban J connectivity index is -0.000000105. The summed E-state index contributed by atoms with van der Waals surface area (Å²) in [6.45, 7) is 0. The maximum atomic E-state index is 2.99. The molecule has 0 radical (unpaired) electrons. The molecule has 4 aliphatic carbocycles. The predicted molar refractivity (Wildman–Crippen MR) is 86.3 cm³/mol. The van der Waals surface area contributed by atoms with Crippen LogP contribution in [0.25, 0.3) is 0 Å². The number of rotatable bonds is 0. The van der Waals surface area contributed by atoms with Crippen LogP contribution in [0.4, 0.5) is 0 Å². The summed E-state index contributed by atoms with van der Waals surface area (Å²) in [5, 5.41) is 0. The molecule has 0 fully saturated rings. The summed E-state index contributed by atoms with van der Waals surface area (Å²) in [7, 11) is 0. The van der Waals surface area contributed by atoms with Gasteiger partial charge in [-0.3, -0.25) is 24.3 Å². The Morgan fingerprint density at radius 3 is 0.667 bits per heavy atom. The Bertz CT molecular complexity index is 340. The fraction of sp³-hybridized carbons (Fsp3) is 0.200. The Morgan fingerprint density at radius 1 is 0.417 bits per heavy atom. The van der Waals surface area contributed by atoms with Gasteiger partial charge in [-0.1, -0.05) is 0 Å². The Morgan fingerprint density at radius 2 is 0.625 bits per heavy atom. The first-order chi connectivity index (χ1) is 10.0. The zero-order valence-electron chi connectivity index (χ0n) is 13.5. The fourth-order valence-electron chi connectivity index (χ4n) is 1.36. The van der Waals surface area contributed by atoms with Crippen molar-refractivity contribution in [3.63, 3.8) is 0 Å². The molecule has 0 heterocycles. The second kappa shape index (κ2) is 28.4. The summed E-state index contributed by atoms with van der Waals surface area (Å²) < 4.78 is 0. The van der Waals surface area contributed by atoms with Crippen LogP contribution in [0, 0.1) is 24.3 Å². The van der Waals surface area contributed by atoms with Crippen molar-refractivity contribution in [3.8, 4) is 0 Å². The third kappa shape index (κ3) is 24.9. The van der Waals surface area contributed by atoms with Gasteiger partial charge in [-0.15, -0.1) is 25.7 Å². The molecular formula is C20H20Br2Zr2-2. The van der Waals surface area contributed by atoms with Crippen molar-refractivity contribution in [1.82, 2.24) is 0 Å². The number of allylic oxidation sites excluding steroid dienone is 16. The molecule has 0 saturated heterocycles. The van der Waals surface area contributed by atoms with E-state index >= 15 is 0 Å². The van der Waals surface area contributed by atoms with Crippen LogP contribution in [0.15, 0.2) is 72.9 Å². The summed E-state index contributed by atoms with van der Waals surface area (Å²) in [5.74, 6) is 0. The zero-order valence-corrected chi connectivity index (χ0v) is 21.6. The summed E-state index contributed by atoms with van der Waals surface area (Å²) >= 11 is 0. The third-order valence-electron chi connectivity index (χ3n) is 2.34. The summed E-state index contributed by atoms with van der Waals surface area (Å²) in [5.41, 5.74) is 0. The Labute approximate surface area is 207 Å². The Hall–Kier alpha value is 0.646. The number of hydrogen-bond donors (Lipinski definition) is 0. The molecular weight excluding hydrogens is 582 g/mol. The maximum Gasteiger partial charge on any atom is 2.00 e. The monoisotopic (exact) mass is 598 g/mol. The molecule has 4 rings (SSSR count). The van der Waals surface area contributed by atoms with E-state index in [0.717, 1.165) is 25.7 Å². The molecule has 0 bridgehead atoms. The quantitative estimate of drug-likeness (QED) is 0.320. The van der Waals surface area contributed by atoms with Gasteiger partial charge in [0, 0.05) is 0 Å². The van der Waals surface area contributed by atoms with E-state index in [-0.39, 0.29) is 86.4 Å². The van der Waals surface area contributed by atoms with Gasteiger partial charge >= 0.3 is 52.4 Å². The minimum absolute atomic E-state index is 0. The topological polar surface area (TPSA) is 0 Å². The fourth-order valence-corrected chi connectivity index (χ4v) is 1.36. The van der Waals surface area contributed by atoms with E-state index in [4.69, 9.17) is 0 Å². The number of halogens is 2. The van der Waals surface area contributed by atoms with E-state index in [1.807, 2.05) is 48.6 Å². The second-order valence-electron chi connectivity index (χ2n) is 4.01. The largest absolute Gasteiger partial charge is 2.00 e. The Kier molecular flexibility index (Phi) is 38.3. The second-order valence-corrected chi connectivity index (χ2v) is 4.01. The minimum atomic E-state index is 0. The smallest absolute Gasteiger partial charge is 1.00 e. The van der Waals surface area contributed by atoms with E-state index in [9.17, 15) is 0 Å². The van der Waals surface area contributed by atoms with Crippen molar-refractivity contribution in [2.45, 2.75) is 25.7 Å². The van der Waals surface area contributed by atoms with E-state index < -0.39 is 0 Å². The molecule has 0 aliphatic heterocycles. The average molecular weight is 603 g/mol. The van der Waals surface area contributed by atoms with Crippen molar-refractivity contribution in [3.05, 3.63) is 97.2 Å². The van der Waals surface area contributed by atoms with E-state index in [1.165, 1.54) is 0 Å². The normalized spacial score (nSPS) is 14.7. The minimum Gasteiger partial charge on any atom is -1.00 e. The van der Waals surface area contributed by atoms with Crippen LogP contribution in [0.3, 0.4) is 0 Å². The van der Waals surface area contributed by atoms with Crippen molar-refractivity contribution in [2.24, 2.45) is 0 Å². The molecule has 0 aromatic rings. The van der Waals surface area contributed by atoms with Gasteiger partial charge in [-0.2, -0.15) is 24.3 Å². The SMILES string of the molecule is [Br-].[Br-].[C-]1=CC=CC1.[C-]1=CC=CC1.[C-]1=CC=CC1.[C-]1=CC=CC1.[Zr+2].[Zr+2]. The molecule has 0 atom stereocenters. The summed E-state index contributed by atoms with van der Waals surface area (Å²) in [4.78, 5) is 0. The molecule has 0 saturated carbocycles. The van der Waals surface area contributed by atoms with Gasteiger partial charge in [0.05, 0.1) is 0 Å². The standard InChI is InChI=1S/4C5H5.2BrH.2Zr/c4*1-2-4-5-3-1;;;;/h4*1-3H,4H2;2*1H;;/q4*-1;;;2*+2/p-2. The first-order valence-electron chi connectivity index (χ1n) is 6.87. The number of hydrogen-bond acceptors (Lipinski definition) is 0. The third-order valence-corrected chi connectivity index (χ3v) is 2.34. The van der Waals surface area contributed by atoms with Gasteiger partial charge < -0.3 is 34.0 Å². The van der Waals surface area contributed by atoms with E-state index in [1.54, 1.807) is 0 Å². The van der Waals surface area contributed by atoms with Gasteiger partial charge in [-0.05, 0) is 0 Å². The van der Waals surface area contributed by atoms with Gasteiger partial charge in [0.1, 0.15) is 0 Å². The van der Waals surface area contributed by atoms with Gasteiger partial charge in [0.2, 0.25) is 0 Å². The van der Waals surface area contributed by atoms with Gasteiger partial charge in [-0.25, -0.2) is 48.6 Å². The molecule has 4 aliphatic rings. The van der Waals surface area contributed by atoms with E-state index in [2.05, 4.69) is 48.6 Å². The molecule has 24 heavy (non-hydrogen) atoms. The maximum absolute atomic E-state index is 2.99. The van der Waals surface area contributed by atoms with Gasteiger partial charge in [0.25, 0.3) is 0 Å². The molecule has 4 heteroatoms. The van der Waals surface area contributed by atoms with Crippen LogP contribution in [-0.2, 0) is 52.4 Å². The summed E-state index contributed by atoms with van der Waals surface area (Å²) in [6, 6.07) is 0. The molecule has 0 spiro atoms. The summed E-state index contributed by atoms with van der Waals surface area (Å²) in [6.07, 6.45) is 40.0. The molecule has 0 amide bonds. The molecule has 124 valence electrons. The van der Waals surface area contributed by atoms with Crippen LogP contribution in [-0.4, -0.2) is 0 Å². The van der Waals surface area contributed by atoms with E-state index in [0.29, 0.717) is 0 Å². The van der Waals surface area contributed by atoms with Crippen LogP contribution in [0.5, 0.6) is 0 Å². The predicted octanol–water partition coefficient (Wildman–Crippen LogP) is -0.774. The molecule has 0 nitrogen and oxygen atoms in total. The van der Waals surface area contributed by atoms with Crippen molar-refractivity contribution < 1.29 is 86.4 Å². The molecule has 0 unspecified atom stereocenters. The van der Waals surface area contributed by atoms with Crippen molar-refractivity contribution in [1.29, 1.82) is 0 Å². The van der Waals surface area contributed by atoms with Crippen LogP contribution < -0.4 is 34.0 Å². The first kappa shape index (κ1) is 32.3. The molecule has 0 N–H and O–H groups in total. The van der Waals surface area contributed by atoms with Crippen LogP contribution >= 0.6 is 0 Å². The molecule has 0 aromatic heterocycles.